The number of sulfonamides is 1. The molecule has 1 N–H and O–H groups in total. The number of fused-ring (bicyclic) bond motifs is 1. The van der Waals surface area contributed by atoms with Crippen LogP contribution in [0, 0.1) is 6.92 Å². The molecule has 112 valence electrons. The monoisotopic (exact) mass is 318 g/mol. The molecule has 2 aliphatic rings. The summed E-state index contributed by atoms with van der Waals surface area (Å²) >= 11 is 0.773. The second-order valence-corrected chi connectivity index (χ2v) is 8.37. The Morgan fingerprint density at radius 2 is 2.10 bits per heavy atom. The van der Waals surface area contributed by atoms with Crippen molar-refractivity contribution >= 4 is 21.4 Å². The Morgan fingerprint density at radius 1 is 1.35 bits per heavy atom. The van der Waals surface area contributed by atoms with Gasteiger partial charge in [-0.1, -0.05) is 24.2 Å². The summed E-state index contributed by atoms with van der Waals surface area (Å²) in [6.45, 7) is 2.43. The Balaban J connectivity index is 1.97. The molecule has 2 atom stereocenters. The SMILES string of the molecule is Cc1[nH]c(=O)sc1S(=O)(=O)N1CCOC2CCCCC21. The molecule has 1 saturated heterocycles. The highest BCUT2D eigenvalue weighted by Crippen LogP contribution is 2.33. The molecule has 1 aromatic rings. The number of nitrogens with one attached hydrogen (secondary N) is 1. The van der Waals surface area contributed by atoms with E-state index in [0.29, 0.717) is 18.8 Å². The van der Waals surface area contributed by atoms with Gasteiger partial charge in [0, 0.05) is 12.2 Å². The van der Waals surface area contributed by atoms with Crippen LogP contribution in [0.5, 0.6) is 0 Å². The van der Waals surface area contributed by atoms with Crippen molar-refractivity contribution in [3.63, 3.8) is 0 Å². The molecule has 2 unspecified atom stereocenters. The van der Waals surface area contributed by atoms with Crippen molar-refractivity contribution in [3.8, 4) is 0 Å². The van der Waals surface area contributed by atoms with Crippen molar-refractivity contribution in [1.82, 2.24) is 9.29 Å². The van der Waals surface area contributed by atoms with Gasteiger partial charge in [-0.15, -0.1) is 0 Å². The van der Waals surface area contributed by atoms with E-state index < -0.39 is 10.0 Å². The Kier molecular flexibility index (Phi) is 3.74. The second kappa shape index (κ2) is 5.25. The first-order valence-electron chi connectivity index (χ1n) is 6.83. The number of aromatic nitrogens is 1. The minimum absolute atomic E-state index is 0.00300. The fourth-order valence-corrected chi connectivity index (χ4v) is 6.18. The number of morpholine rings is 1. The molecule has 2 fully saturated rings. The van der Waals surface area contributed by atoms with Crippen molar-refractivity contribution in [3.05, 3.63) is 15.4 Å². The van der Waals surface area contributed by atoms with Crippen LogP contribution in [0.2, 0.25) is 0 Å². The molecule has 2 heterocycles. The molecule has 0 radical (unpaired) electrons. The number of nitrogens with zero attached hydrogens (tertiary/aromatic N) is 1. The molecule has 20 heavy (non-hydrogen) atoms. The third-order valence-electron chi connectivity index (χ3n) is 4.01. The average Bonchev–Trinajstić information content (AvgIpc) is 2.78. The van der Waals surface area contributed by atoms with Crippen LogP contribution in [0.15, 0.2) is 9.00 Å². The van der Waals surface area contributed by atoms with Gasteiger partial charge in [0.15, 0.2) is 4.21 Å². The zero-order valence-electron chi connectivity index (χ0n) is 11.3. The number of ether oxygens (including phenoxy) is 1. The molecule has 1 saturated carbocycles. The van der Waals surface area contributed by atoms with Crippen molar-refractivity contribution in [2.24, 2.45) is 0 Å². The number of H-pyrrole nitrogens is 1. The molecule has 3 rings (SSSR count). The van der Waals surface area contributed by atoms with Crippen LogP contribution in [-0.4, -0.2) is 43.0 Å². The quantitative estimate of drug-likeness (QED) is 0.885. The third-order valence-corrected chi connectivity index (χ3v) is 7.51. The van der Waals surface area contributed by atoms with Crippen LogP contribution in [0.25, 0.3) is 0 Å². The zero-order valence-corrected chi connectivity index (χ0v) is 12.9. The smallest absolute Gasteiger partial charge is 0.305 e. The Hall–Kier alpha value is -0.700. The van der Waals surface area contributed by atoms with Crippen LogP contribution in [-0.2, 0) is 14.8 Å². The topological polar surface area (TPSA) is 79.5 Å². The van der Waals surface area contributed by atoms with E-state index in [9.17, 15) is 13.2 Å². The maximum Gasteiger partial charge on any atom is 0.305 e. The van der Waals surface area contributed by atoms with Crippen molar-refractivity contribution < 1.29 is 13.2 Å². The molecule has 0 bridgehead atoms. The van der Waals surface area contributed by atoms with Crippen molar-refractivity contribution in [2.45, 2.75) is 49.0 Å². The van der Waals surface area contributed by atoms with Gasteiger partial charge < -0.3 is 9.72 Å². The van der Waals surface area contributed by atoms with Crippen molar-refractivity contribution in [2.75, 3.05) is 13.2 Å². The number of aromatic amines is 1. The minimum atomic E-state index is -3.60. The maximum absolute atomic E-state index is 12.8. The van der Waals surface area contributed by atoms with Crippen LogP contribution in [0.4, 0.5) is 0 Å². The predicted molar refractivity (Wildman–Crippen MR) is 75.6 cm³/mol. The number of thiazole rings is 1. The largest absolute Gasteiger partial charge is 0.375 e. The average molecular weight is 318 g/mol. The lowest BCUT2D eigenvalue weighted by atomic mass is 9.91. The number of hydrogen-bond donors (Lipinski definition) is 1. The Bertz CT molecular complexity index is 647. The van der Waals surface area contributed by atoms with Gasteiger partial charge in [-0.3, -0.25) is 4.79 Å². The lowest BCUT2D eigenvalue weighted by molar-refractivity contribution is -0.0585. The van der Waals surface area contributed by atoms with Crippen LogP contribution >= 0.6 is 11.3 Å². The third kappa shape index (κ3) is 2.34. The van der Waals surface area contributed by atoms with Crippen molar-refractivity contribution in [1.29, 1.82) is 0 Å². The summed E-state index contributed by atoms with van der Waals surface area (Å²) in [5.41, 5.74) is 0.429. The fourth-order valence-electron chi connectivity index (χ4n) is 3.10. The van der Waals surface area contributed by atoms with Crippen LogP contribution in [0.1, 0.15) is 31.4 Å². The summed E-state index contributed by atoms with van der Waals surface area (Å²) in [7, 11) is -3.60. The van der Waals surface area contributed by atoms with Crippen LogP contribution < -0.4 is 4.87 Å². The lowest BCUT2D eigenvalue weighted by Gasteiger charge is -2.42. The molecule has 8 heteroatoms. The van der Waals surface area contributed by atoms with E-state index in [-0.39, 0.29) is 21.2 Å². The second-order valence-electron chi connectivity index (χ2n) is 5.30. The number of aryl methyl sites for hydroxylation is 1. The van der Waals surface area contributed by atoms with Gasteiger partial charge in [0.2, 0.25) is 0 Å². The zero-order chi connectivity index (χ0) is 14.3. The van der Waals surface area contributed by atoms with Gasteiger partial charge >= 0.3 is 4.87 Å². The van der Waals surface area contributed by atoms with Gasteiger partial charge in [0.1, 0.15) is 0 Å². The van der Waals surface area contributed by atoms with E-state index in [2.05, 4.69) is 4.98 Å². The molecular weight excluding hydrogens is 300 g/mol. The molecule has 0 spiro atoms. The number of rotatable bonds is 2. The normalized spacial score (nSPS) is 28.2. The summed E-state index contributed by atoms with van der Waals surface area (Å²) < 4.78 is 33.0. The molecule has 6 nitrogen and oxygen atoms in total. The Labute approximate surface area is 121 Å². The van der Waals surface area contributed by atoms with E-state index >= 15 is 0 Å². The minimum Gasteiger partial charge on any atom is -0.375 e. The summed E-state index contributed by atoms with van der Waals surface area (Å²) in [6, 6.07) is -0.0842. The number of hydrogen-bond acceptors (Lipinski definition) is 5. The fraction of sp³-hybridized carbons (Fsp3) is 0.750. The maximum atomic E-state index is 12.8. The van der Waals surface area contributed by atoms with Gasteiger partial charge in [0.25, 0.3) is 10.0 Å². The van der Waals surface area contributed by atoms with E-state index in [1.807, 2.05) is 0 Å². The molecule has 1 aliphatic carbocycles. The molecule has 1 aliphatic heterocycles. The standard InChI is InChI=1S/C12H18N2O4S2/c1-8-11(19-12(15)13-8)20(16,17)14-6-7-18-10-5-3-2-4-9(10)14/h9-10H,2-7H2,1H3,(H,13,15). The lowest BCUT2D eigenvalue weighted by Crippen LogP contribution is -2.54. The van der Waals surface area contributed by atoms with E-state index in [0.717, 1.165) is 37.0 Å². The van der Waals surface area contributed by atoms with E-state index in [4.69, 9.17) is 4.74 Å². The van der Waals surface area contributed by atoms with Gasteiger partial charge in [-0.05, 0) is 19.8 Å². The highest BCUT2D eigenvalue weighted by atomic mass is 32.2. The first kappa shape index (κ1) is 14.2. The highest BCUT2D eigenvalue weighted by Gasteiger charge is 2.42. The van der Waals surface area contributed by atoms with E-state index in [1.54, 1.807) is 11.2 Å². The molecular formula is C12H18N2O4S2. The van der Waals surface area contributed by atoms with E-state index in [1.165, 1.54) is 0 Å². The highest BCUT2D eigenvalue weighted by molar-refractivity contribution is 7.91. The molecule has 1 aromatic heterocycles. The summed E-state index contributed by atoms with van der Waals surface area (Å²) in [4.78, 5) is 13.6. The molecule has 0 aromatic carbocycles. The first-order valence-corrected chi connectivity index (χ1v) is 9.09. The van der Waals surface area contributed by atoms with Gasteiger partial charge in [0.05, 0.1) is 18.8 Å². The molecule has 0 amide bonds. The predicted octanol–water partition coefficient (Wildman–Crippen LogP) is 1.08. The van der Waals surface area contributed by atoms with Gasteiger partial charge in [-0.2, -0.15) is 4.31 Å². The summed E-state index contributed by atoms with van der Waals surface area (Å²) in [6.07, 6.45) is 3.87. The van der Waals surface area contributed by atoms with Gasteiger partial charge in [-0.25, -0.2) is 8.42 Å². The summed E-state index contributed by atoms with van der Waals surface area (Å²) in [5.74, 6) is 0. The Morgan fingerprint density at radius 3 is 2.80 bits per heavy atom. The van der Waals surface area contributed by atoms with Crippen LogP contribution in [0.3, 0.4) is 0 Å². The first-order chi connectivity index (χ1) is 9.50. The summed E-state index contributed by atoms with van der Waals surface area (Å²) in [5, 5.41) is 0.